The highest BCUT2D eigenvalue weighted by Crippen LogP contribution is 2.35. The standard InChI is InChI=1S/C15H13Cl2NO2/c16-12-5-10-2-4-20-15(10)11(6-12)7-13(19)9-1-3-18-14(17)8-9/h1,3,5-6,8,13,19H,2,4,7H2. The van der Waals surface area contributed by atoms with Gasteiger partial charge in [0.25, 0.3) is 0 Å². The molecule has 3 nitrogen and oxygen atoms in total. The number of rotatable bonds is 3. The average Bonchev–Trinajstić information content (AvgIpc) is 2.86. The Morgan fingerprint density at radius 2 is 2.15 bits per heavy atom. The third-order valence-corrected chi connectivity index (χ3v) is 3.80. The number of pyridine rings is 1. The lowest BCUT2D eigenvalue weighted by atomic mass is 9.99. The molecule has 0 saturated heterocycles. The molecule has 1 N–H and O–H groups in total. The Morgan fingerprint density at radius 1 is 1.30 bits per heavy atom. The summed E-state index contributed by atoms with van der Waals surface area (Å²) < 4.78 is 5.64. The summed E-state index contributed by atoms with van der Waals surface area (Å²) >= 11 is 12.0. The molecule has 0 bridgehead atoms. The number of nitrogens with zero attached hydrogens (tertiary/aromatic N) is 1. The molecule has 0 saturated carbocycles. The minimum absolute atomic E-state index is 0.370. The topological polar surface area (TPSA) is 42.4 Å². The number of hydrogen-bond acceptors (Lipinski definition) is 3. The van der Waals surface area contributed by atoms with Gasteiger partial charge < -0.3 is 9.84 Å². The van der Waals surface area contributed by atoms with E-state index in [0.717, 1.165) is 28.9 Å². The third-order valence-electron chi connectivity index (χ3n) is 3.37. The van der Waals surface area contributed by atoms with Crippen LogP contribution in [0.1, 0.15) is 22.8 Å². The third kappa shape index (κ3) is 2.75. The number of aliphatic hydroxyl groups excluding tert-OH is 1. The van der Waals surface area contributed by atoms with Crippen molar-refractivity contribution in [3.8, 4) is 5.75 Å². The second-order valence-corrected chi connectivity index (χ2v) is 5.61. The molecule has 0 spiro atoms. The Morgan fingerprint density at radius 3 is 2.95 bits per heavy atom. The van der Waals surface area contributed by atoms with Crippen molar-refractivity contribution in [1.29, 1.82) is 0 Å². The first-order chi connectivity index (χ1) is 9.63. The van der Waals surface area contributed by atoms with E-state index in [-0.39, 0.29) is 0 Å². The van der Waals surface area contributed by atoms with Gasteiger partial charge in [-0.3, -0.25) is 0 Å². The van der Waals surface area contributed by atoms with Crippen molar-refractivity contribution in [3.05, 3.63) is 57.3 Å². The fourth-order valence-electron chi connectivity index (χ4n) is 2.45. The molecule has 0 aliphatic carbocycles. The van der Waals surface area contributed by atoms with Gasteiger partial charge in [-0.1, -0.05) is 23.2 Å². The molecule has 0 radical (unpaired) electrons. The summed E-state index contributed by atoms with van der Waals surface area (Å²) in [6, 6.07) is 7.18. The molecular weight excluding hydrogens is 297 g/mol. The van der Waals surface area contributed by atoms with Gasteiger partial charge in [0.1, 0.15) is 10.9 Å². The Hall–Kier alpha value is -1.29. The highest BCUT2D eigenvalue weighted by molar-refractivity contribution is 6.30. The zero-order chi connectivity index (χ0) is 14.1. The van der Waals surface area contributed by atoms with Crippen molar-refractivity contribution in [3.63, 3.8) is 0 Å². The second kappa shape index (κ2) is 5.60. The van der Waals surface area contributed by atoms with Gasteiger partial charge in [0.15, 0.2) is 0 Å². The first-order valence-corrected chi connectivity index (χ1v) is 7.12. The summed E-state index contributed by atoms with van der Waals surface area (Å²) in [4.78, 5) is 3.91. The Kier molecular flexibility index (Phi) is 3.83. The molecule has 5 heteroatoms. The zero-order valence-electron chi connectivity index (χ0n) is 10.6. The van der Waals surface area contributed by atoms with Crippen LogP contribution in [0.5, 0.6) is 5.75 Å². The highest BCUT2D eigenvalue weighted by Gasteiger charge is 2.20. The smallest absolute Gasteiger partial charge is 0.129 e. The van der Waals surface area contributed by atoms with Gasteiger partial charge in [-0.25, -0.2) is 4.98 Å². The van der Waals surface area contributed by atoms with Gasteiger partial charge in [-0.15, -0.1) is 0 Å². The molecule has 2 aromatic rings. The van der Waals surface area contributed by atoms with E-state index in [4.69, 9.17) is 27.9 Å². The lowest BCUT2D eigenvalue weighted by Crippen LogP contribution is -2.03. The summed E-state index contributed by atoms with van der Waals surface area (Å²) in [5, 5.41) is 11.4. The first kappa shape index (κ1) is 13.7. The number of aromatic nitrogens is 1. The molecule has 2 heterocycles. The molecule has 0 amide bonds. The van der Waals surface area contributed by atoms with E-state index in [1.165, 1.54) is 0 Å². The lowest BCUT2D eigenvalue weighted by Gasteiger charge is -2.14. The van der Waals surface area contributed by atoms with E-state index >= 15 is 0 Å². The minimum atomic E-state index is -0.665. The van der Waals surface area contributed by atoms with E-state index in [9.17, 15) is 5.11 Å². The van der Waals surface area contributed by atoms with Crippen LogP contribution in [-0.4, -0.2) is 16.7 Å². The summed E-state index contributed by atoms with van der Waals surface area (Å²) in [6.45, 7) is 0.667. The van der Waals surface area contributed by atoms with Crippen LogP contribution in [0.4, 0.5) is 0 Å². The van der Waals surface area contributed by atoms with Gasteiger partial charge in [-0.05, 0) is 41.0 Å². The average molecular weight is 310 g/mol. The largest absolute Gasteiger partial charge is 0.493 e. The number of benzene rings is 1. The van der Waals surface area contributed by atoms with Crippen LogP contribution in [0, 0.1) is 0 Å². The predicted molar refractivity (Wildman–Crippen MR) is 78.6 cm³/mol. The van der Waals surface area contributed by atoms with Gasteiger partial charge in [0.05, 0.1) is 12.7 Å². The molecule has 104 valence electrons. The van der Waals surface area contributed by atoms with Gasteiger partial charge in [-0.2, -0.15) is 0 Å². The molecular formula is C15H13Cl2NO2. The highest BCUT2D eigenvalue weighted by atomic mass is 35.5. The zero-order valence-corrected chi connectivity index (χ0v) is 12.2. The van der Waals surface area contributed by atoms with Gasteiger partial charge in [0.2, 0.25) is 0 Å². The minimum Gasteiger partial charge on any atom is -0.493 e. The van der Waals surface area contributed by atoms with Crippen molar-refractivity contribution in [2.75, 3.05) is 6.61 Å². The number of ether oxygens (including phenoxy) is 1. The number of fused-ring (bicyclic) bond motifs is 1. The van der Waals surface area contributed by atoms with Crippen LogP contribution < -0.4 is 4.74 Å². The van der Waals surface area contributed by atoms with Crippen LogP contribution in [-0.2, 0) is 12.8 Å². The van der Waals surface area contributed by atoms with Crippen LogP contribution in [0.15, 0.2) is 30.5 Å². The maximum Gasteiger partial charge on any atom is 0.129 e. The second-order valence-electron chi connectivity index (χ2n) is 4.78. The van der Waals surface area contributed by atoms with Gasteiger partial charge in [0, 0.05) is 24.1 Å². The van der Waals surface area contributed by atoms with Crippen LogP contribution in [0.25, 0.3) is 0 Å². The van der Waals surface area contributed by atoms with E-state index in [0.29, 0.717) is 23.2 Å². The molecule has 1 aromatic heterocycles. The van der Waals surface area contributed by atoms with Crippen molar-refractivity contribution < 1.29 is 9.84 Å². The quantitative estimate of drug-likeness (QED) is 0.881. The number of aliphatic hydroxyl groups is 1. The SMILES string of the molecule is OC(Cc1cc(Cl)cc2c1OCC2)c1ccnc(Cl)c1. The van der Waals surface area contributed by atoms with Crippen molar-refractivity contribution >= 4 is 23.2 Å². The Balaban J connectivity index is 1.88. The first-order valence-electron chi connectivity index (χ1n) is 6.37. The lowest BCUT2D eigenvalue weighted by molar-refractivity contribution is 0.177. The Labute approximate surface area is 127 Å². The summed E-state index contributed by atoms with van der Waals surface area (Å²) in [7, 11) is 0. The molecule has 3 rings (SSSR count). The van der Waals surface area contributed by atoms with E-state index in [1.807, 2.05) is 12.1 Å². The van der Waals surface area contributed by atoms with Crippen molar-refractivity contribution in [2.45, 2.75) is 18.9 Å². The van der Waals surface area contributed by atoms with Crippen molar-refractivity contribution in [2.24, 2.45) is 0 Å². The number of hydrogen-bond donors (Lipinski definition) is 1. The molecule has 1 aromatic carbocycles. The fourth-order valence-corrected chi connectivity index (χ4v) is 2.89. The fraction of sp³-hybridized carbons (Fsp3) is 0.267. The van der Waals surface area contributed by atoms with E-state index in [2.05, 4.69) is 4.98 Å². The maximum atomic E-state index is 10.3. The Bertz CT molecular complexity index is 646. The molecule has 1 unspecified atom stereocenters. The normalized spacial score (nSPS) is 14.8. The number of halogens is 2. The van der Waals surface area contributed by atoms with Crippen LogP contribution in [0.3, 0.4) is 0 Å². The molecule has 1 atom stereocenters. The van der Waals surface area contributed by atoms with E-state index in [1.54, 1.807) is 18.3 Å². The maximum absolute atomic E-state index is 10.3. The molecule has 20 heavy (non-hydrogen) atoms. The molecule has 1 aliphatic heterocycles. The van der Waals surface area contributed by atoms with Gasteiger partial charge >= 0.3 is 0 Å². The van der Waals surface area contributed by atoms with Crippen molar-refractivity contribution in [1.82, 2.24) is 4.98 Å². The van der Waals surface area contributed by atoms with Crippen LogP contribution >= 0.6 is 23.2 Å². The monoisotopic (exact) mass is 309 g/mol. The summed E-state index contributed by atoms with van der Waals surface area (Å²) in [5.41, 5.74) is 2.76. The van der Waals surface area contributed by atoms with E-state index < -0.39 is 6.10 Å². The van der Waals surface area contributed by atoms with Crippen LogP contribution in [0.2, 0.25) is 10.2 Å². The summed E-state index contributed by atoms with van der Waals surface area (Å²) in [6.07, 6.45) is 2.21. The summed E-state index contributed by atoms with van der Waals surface area (Å²) in [5.74, 6) is 0.855. The predicted octanol–water partition coefficient (Wildman–Crippen LogP) is 3.60. The molecule has 1 aliphatic rings. The molecule has 0 fully saturated rings.